The Hall–Kier alpha value is -0.900. The van der Waals surface area contributed by atoms with Gasteiger partial charge in [-0.2, -0.15) is 0 Å². The summed E-state index contributed by atoms with van der Waals surface area (Å²) in [5.41, 5.74) is 5.34. The van der Waals surface area contributed by atoms with Crippen LogP contribution < -0.4 is 5.73 Å². The van der Waals surface area contributed by atoms with Crippen molar-refractivity contribution < 1.29 is 4.39 Å². The lowest BCUT2D eigenvalue weighted by molar-refractivity contribution is 0.200. The van der Waals surface area contributed by atoms with Crippen LogP contribution in [-0.4, -0.2) is 9.55 Å². The van der Waals surface area contributed by atoms with E-state index in [2.05, 4.69) is 4.98 Å². The standard InChI is InChI=1S/C10H16FN3/c1-9(2,11)8-13-6-7(14(8)3)10(12)4-5-10/h6H,4-5,12H2,1-3H3. The van der Waals surface area contributed by atoms with E-state index in [9.17, 15) is 4.39 Å². The minimum atomic E-state index is -1.40. The predicted octanol–water partition coefficient (Wildman–Crippen LogP) is 1.57. The van der Waals surface area contributed by atoms with E-state index in [0.29, 0.717) is 5.82 Å². The summed E-state index contributed by atoms with van der Waals surface area (Å²) >= 11 is 0. The van der Waals surface area contributed by atoms with Crippen LogP contribution in [0.15, 0.2) is 6.20 Å². The van der Waals surface area contributed by atoms with Gasteiger partial charge < -0.3 is 10.3 Å². The zero-order valence-corrected chi connectivity index (χ0v) is 8.84. The first-order valence-corrected chi connectivity index (χ1v) is 4.85. The monoisotopic (exact) mass is 197 g/mol. The van der Waals surface area contributed by atoms with Crippen LogP contribution in [0.2, 0.25) is 0 Å². The van der Waals surface area contributed by atoms with Gasteiger partial charge in [-0.25, -0.2) is 9.37 Å². The highest BCUT2D eigenvalue weighted by atomic mass is 19.1. The van der Waals surface area contributed by atoms with E-state index in [-0.39, 0.29) is 5.54 Å². The Bertz CT molecular complexity index is 335. The van der Waals surface area contributed by atoms with Crippen molar-refractivity contribution in [2.24, 2.45) is 12.8 Å². The van der Waals surface area contributed by atoms with E-state index in [0.717, 1.165) is 18.5 Å². The maximum atomic E-state index is 13.7. The molecule has 0 bridgehead atoms. The Kier molecular flexibility index (Phi) is 1.77. The lowest BCUT2D eigenvalue weighted by Gasteiger charge is -2.16. The number of imidazole rings is 1. The number of nitrogens with two attached hydrogens (primary N) is 1. The lowest BCUT2D eigenvalue weighted by Crippen LogP contribution is -2.24. The molecule has 0 aliphatic heterocycles. The summed E-state index contributed by atoms with van der Waals surface area (Å²) in [5.74, 6) is 0.448. The zero-order valence-electron chi connectivity index (χ0n) is 8.84. The van der Waals surface area contributed by atoms with E-state index in [1.165, 1.54) is 13.8 Å². The Balaban J connectivity index is 2.43. The molecule has 1 aromatic heterocycles. The van der Waals surface area contributed by atoms with E-state index in [4.69, 9.17) is 5.73 Å². The molecule has 3 nitrogen and oxygen atoms in total. The molecule has 2 rings (SSSR count). The molecule has 1 fully saturated rings. The number of nitrogens with zero attached hydrogens (tertiary/aromatic N) is 2. The van der Waals surface area contributed by atoms with Crippen molar-refractivity contribution in [1.82, 2.24) is 9.55 Å². The Labute approximate surface area is 83.1 Å². The van der Waals surface area contributed by atoms with Crippen LogP contribution in [0.25, 0.3) is 0 Å². The van der Waals surface area contributed by atoms with Crippen LogP contribution in [0.5, 0.6) is 0 Å². The van der Waals surface area contributed by atoms with Gasteiger partial charge in [-0.3, -0.25) is 0 Å². The topological polar surface area (TPSA) is 43.8 Å². The SMILES string of the molecule is Cn1c(C2(N)CC2)cnc1C(C)(C)F. The van der Waals surface area contributed by atoms with Gasteiger partial charge in [-0.05, 0) is 26.7 Å². The second-order valence-corrected chi connectivity index (χ2v) is 4.65. The van der Waals surface area contributed by atoms with Gasteiger partial charge in [0.1, 0.15) is 5.82 Å². The molecular formula is C10H16FN3. The molecule has 0 unspecified atom stereocenters. The van der Waals surface area contributed by atoms with E-state index >= 15 is 0 Å². The molecule has 1 aromatic rings. The fourth-order valence-corrected chi connectivity index (χ4v) is 1.82. The molecule has 0 saturated heterocycles. The van der Waals surface area contributed by atoms with Crippen molar-refractivity contribution in [3.63, 3.8) is 0 Å². The van der Waals surface area contributed by atoms with Crippen LogP contribution in [0.4, 0.5) is 4.39 Å². The summed E-state index contributed by atoms with van der Waals surface area (Å²) in [5, 5.41) is 0. The lowest BCUT2D eigenvalue weighted by atomic mass is 10.1. The average molecular weight is 197 g/mol. The first-order chi connectivity index (χ1) is 6.34. The Morgan fingerprint density at radius 1 is 1.57 bits per heavy atom. The van der Waals surface area contributed by atoms with Gasteiger partial charge in [0.05, 0.1) is 17.4 Å². The molecule has 0 spiro atoms. The first kappa shape index (κ1) is 9.65. The Morgan fingerprint density at radius 2 is 2.14 bits per heavy atom. The van der Waals surface area contributed by atoms with Crippen molar-refractivity contribution in [2.75, 3.05) is 0 Å². The second kappa shape index (κ2) is 2.57. The van der Waals surface area contributed by atoms with Crippen LogP contribution >= 0.6 is 0 Å². The Morgan fingerprint density at radius 3 is 2.50 bits per heavy atom. The van der Waals surface area contributed by atoms with Gasteiger partial charge in [0, 0.05) is 7.05 Å². The van der Waals surface area contributed by atoms with Crippen molar-refractivity contribution >= 4 is 0 Å². The third kappa shape index (κ3) is 1.34. The van der Waals surface area contributed by atoms with Gasteiger partial charge in [-0.1, -0.05) is 0 Å². The number of hydrogen-bond donors (Lipinski definition) is 1. The van der Waals surface area contributed by atoms with Crippen molar-refractivity contribution in [3.05, 3.63) is 17.7 Å². The molecule has 1 saturated carbocycles. The number of rotatable bonds is 2. The van der Waals surface area contributed by atoms with Gasteiger partial charge in [0.2, 0.25) is 0 Å². The quantitative estimate of drug-likeness (QED) is 0.782. The summed E-state index contributed by atoms with van der Waals surface area (Å²) in [6.07, 6.45) is 3.64. The third-order valence-electron chi connectivity index (χ3n) is 2.82. The highest BCUT2D eigenvalue weighted by Gasteiger charge is 2.43. The van der Waals surface area contributed by atoms with Crippen molar-refractivity contribution in [1.29, 1.82) is 0 Å². The highest BCUT2D eigenvalue weighted by molar-refractivity contribution is 5.24. The summed E-state index contributed by atoms with van der Waals surface area (Å²) in [7, 11) is 1.83. The number of alkyl halides is 1. The molecule has 0 aromatic carbocycles. The second-order valence-electron chi connectivity index (χ2n) is 4.65. The molecule has 1 aliphatic carbocycles. The minimum absolute atomic E-state index is 0.245. The largest absolute Gasteiger partial charge is 0.331 e. The van der Waals surface area contributed by atoms with Crippen LogP contribution in [0, 0.1) is 0 Å². The molecule has 0 radical (unpaired) electrons. The molecule has 1 aliphatic rings. The maximum absolute atomic E-state index is 13.7. The number of hydrogen-bond acceptors (Lipinski definition) is 2. The summed E-state index contributed by atoms with van der Waals surface area (Å²) in [6, 6.07) is 0. The molecule has 1 heterocycles. The van der Waals surface area contributed by atoms with Crippen molar-refractivity contribution in [2.45, 2.75) is 37.9 Å². The predicted molar refractivity (Wildman–Crippen MR) is 52.4 cm³/mol. The first-order valence-electron chi connectivity index (χ1n) is 4.85. The number of aromatic nitrogens is 2. The van der Waals surface area contributed by atoms with Crippen molar-refractivity contribution in [3.8, 4) is 0 Å². The fourth-order valence-electron chi connectivity index (χ4n) is 1.82. The maximum Gasteiger partial charge on any atom is 0.162 e. The normalized spacial score (nSPS) is 19.8. The van der Waals surface area contributed by atoms with Crippen LogP contribution in [0.3, 0.4) is 0 Å². The van der Waals surface area contributed by atoms with E-state index in [1.54, 1.807) is 10.8 Å². The number of halogens is 1. The summed E-state index contributed by atoms with van der Waals surface area (Å²) in [6.45, 7) is 3.02. The van der Waals surface area contributed by atoms with Gasteiger partial charge in [-0.15, -0.1) is 0 Å². The third-order valence-corrected chi connectivity index (χ3v) is 2.82. The smallest absolute Gasteiger partial charge is 0.162 e. The molecule has 2 N–H and O–H groups in total. The van der Waals surface area contributed by atoms with Crippen LogP contribution in [0.1, 0.15) is 38.2 Å². The summed E-state index contributed by atoms with van der Waals surface area (Å²) in [4.78, 5) is 4.10. The molecule has 14 heavy (non-hydrogen) atoms. The fraction of sp³-hybridized carbons (Fsp3) is 0.700. The van der Waals surface area contributed by atoms with Gasteiger partial charge in [0.25, 0.3) is 0 Å². The van der Waals surface area contributed by atoms with E-state index < -0.39 is 5.67 Å². The molecule has 4 heteroatoms. The summed E-state index contributed by atoms with van der Waals surface area (Å²) < 4.78 is 15.5. The van der Waals surface area contributed by atoms with Gasteiger partial charge >= 0.3 is 0 Å². The molecule has 0 amide bonds. The zero-order chi connectivity index (χ0) is 10.6. The molecular weight excluding hydrogens is 181 g/mol. The van der Waals surface area contributed by atoms with E-state index in [1.807, 2.05) is 7.05 Å². The van der Waals surface area contributed by atoms with Crippen LogP contribution in [-0.2, 0) is 18.3 Å². The molecule has 0 atom stereocenters. The minimum Gasteiger partial charge on any atom is -0.331 e. The van der Waals surface area contributed by atoms with Gasteiger partial charge in [0.15, 0.2) is 5.67 Å². The molecule has 78 valence electrons. The average Bonchev–Trinajstić information content (AvgIpc) is 2.60. The highest BCUT2D eigenvalue weighted by Crippen LogP contribution is 2.43.